The number of hydrogen-bond donors (Lipinski definition) is 0. The maximum Gasteiger partial charge on any atom is 0.0828 e. The molecule has 0 heterocycles. The number of aryl methyl sites for hydroxylation is 1. The van der Waals surface area contributed by atoms with Crippen molar-refractivity contribution in [2.45, 2.75) is 19.3 Å². The molecule has 0 atom stereocenters. The molecule has 0 saturated heterocycles. The third-order valence-electron chi connectivity index (χ3n) is 12.2. The van der Waals surface area contributed by atoms with E-state index in [2.05, 4.69) is 170 Å². The second-order valence-corrected chi connectivity index (χ2v) is 15.9. The summed E-state index contributed by atoms with van der Waals surface area (Å²) in [7, 11) is 0. The second-order valence-electron chi connectivity index (χ2n) is 15.9. The third-order valence-corrected chi connectivity index (χ3v) is 12.2. The summed E-state index contributed by atoms with van der Waals surface area (Å²) >= 11 is 0. The zero-order chi connectivity index (χ0) is 42.0. The first-order chi connectivity index (χ1) is 31.3. The second kappa shape index (κ2) is 22.6. The Morgan fingerprint density at radius 3 is 1.88 bits per heavy atom. The molecule has 8 aromatic carbocycles. The van der Waals surface area contributed by atoms with Crippen molar-refractivity contribution in [2.75, 3.05) is 0 Å². The molecule has 0 N–H and O–H groups in total. The number of benzene rings is 8. The van der Waals surface area contributed by atoms with Crippen molar-refractivity contribution in [3.05, 3.63) is 273 Å². The molecule has 4 heteroatoms. The van der Waals surface area contributed by atoms with E-state index in [-0.39, 0.29) is 84.3 Å². The zero-order valence-electron chi connectivity index (χ0n) is 35.9. The van der Waals surface area contributed by atoms with Gasteiger partial charge in [0.15, 0.2) is 0 Å². The van der Waals surface area contributed by atoms with E-state index in [1.807, 2.05) is 72.9 Å². The number of allylic oxidation sites excluding steroid dienone is 16. The van der Waals surface area contributed by atoms with Gasteiger partial charge in [0, 0.05) is 166 Å². The maximum atomic E-state index is 3.38. The van der Waals surface area contributed by atoms with Crippen molar-refractivity contribution < 1.29 is 84.3 Å². The molecule has 14 rings (SSSR count). The van der Waals surface area contributed by atoms with Crippen molar-refractivity contribution >= 4 is 78.5 Å². The normalized spacial score (nSPS) is 13.7. The van der Waals surface area contributed by atoms with E-state index in [1.54, 1.807) is 0 Å². The maximum absolute atomic E-state index is 3.38. The van der Waals surface area contributed by atoms with Crippen LogP contribution in [0.4, 0.5) is 0 Å². The van der Waals surface area contributed by atoms with Gasteiger partial charge < -0.3 is 0 Å². The average Bonchev–Trinajstić information content (AvgIpc) is 3.37. The van der Waals surface area contributed by atoms with Crippen molar-refractivity contribution in [3.8, 4) is 0 Å². The smallest absolute Gasteiger partial charge is 0.0828 e. The Labute approximate surface area is 450 Å². The van der Waals surface area contributed by atoms with Crippen LogP contribution in [0.5, 0.6) is 0 Å². The number of rotatable bonds is 0. The van der Waals surface area contributed by atoms with Gasteiger partial charge in [-0.2, -0.15) is 0 Å². The first kappa shape index (κ1) is 49.5. The van der Waals surface area contributed by atoms with Crippen LogP contribution in [0.3, 0.4) is 0 Å². The summed E-state index contributed by atoms with van der Waals surface area (Å²) in [5, 5.41) is 14.8. The molecule has 0 saturated carbocycles. The zero-order valence-corrected chi connectivity index (χ0v) is 45.0. The van der Waals surface area contributed by atoms with E-state index in [0.717, 1.165) is 40.5 Å². The molecular formula is C63H38Pt4. The third kappa shape index (κ3) is 9.95. The molecular weight excluding hydrogens is 1540 g/mol. The van der Waals surface area contributed by atoms with E-state index < -0.39 is 0 Å². The summed E-state index contributed by atoms with van der Waals surface area (Å²) in [4.78, 5) is 0. The van der Waals surface area contributed by atoms with E-state index in [4.69, 9.17) is 0 Å². The summed E-state index contributed by atoms with van der Waals surface area (Å²) < 4.78 is 0. The molecule has 6 aliphatic carbocycles. The minimum atomic E-state index is 0. The van der Waals surface area contributed by atoms with Gasteiger partial charge in [0.1, 0.15) is 0 Å². The molecule has 330 valence electrons. The molecule has 0 aliphatic heterocycles. The Hall–Kier alpha value is -5.41. The Bertz CT molecular complexity index is 3620. The van der Waals surface area contributed by atoms with Crippen LogP contribution in [0.1, 0.15) is 28.7 Å². The van der Waals surface area contributed by atoms with Crippen LogP contribution < -0.4 is 20.9 Å². The van der Waals surface area contributed by atoms with Gasteiger partial charge in [-0.25, -0.2) is 0 Å². The van der Waals surface area contributed by atoms with E-state index in [0.29, 0.717) is 0 Å². The molecule has 0 nitrogen and oxygen atoms in total. The summed E-state index contributed by atoms with van der Waals surface area (Å²) in [5.74, 6) is 0. The molecule has 0 bridgehead atoms. The van der Waals surface area contributed by atoms with Gasteiger partial charge in [-0.05, 0) is 71.0 Å². The Morgan fingerprint density at radius 2 is 1.03 bits per heavy atom. The van der Waals surface area contributed by atoms with Crippen molar-refractivity contribution in [1.82, 2.24) is 0 Å². The molecule has 67 heavy (non-hydrogen) atoms. The Kier molecular flexibility index (Phi) is 16.7. The molecule has 8 aromatic rings. The van der Waals surface area contributed by atoms with Gasteiger partial charge in [0.25, 0.3) is 0 Å². The van der Waals surface area contributed by atoms with E-state index in [1.165, 1.54) is 87.3 Å². The van der Waals surface area contributed by atoms with Crippen LogP contribution >= 0.6 is 0 Å². The molecule has 0 unspecified atom stereocenters. The quantitative estimate of drug-likeness (QED) is 0.105. The number of fused-ring (bicyclic) bond motifs is 14. The minimum Gasteiger partial charge on any atom is -0.141 e. The fraction of sp³-hybridized carbons (Fsp3) is 0.0476. The fourth-order valence-corrected chi connectivity index (χ4v) is 9.33. The van der Waals surface area contributed by atoms with Crippen LogP contribution in [0.2, 0.25) is 0 Å². The Balaban J connectivity index is 0.000000131. The monoisotopic (exact) mass is 1570 g/mol. The standard InChI is InChI=1S/C18H10.C17H10.C14H10.C14H8.4Pt/c1-2-8-14-13(7-1)15-9-3-4-11-17(15)18-12-6-5-10-16(14)18;1-2-9-15-13(5-1)11-14-8-3-6-12-7-4-10-16(15)17(12)14;2*1-3-7-13-11(5-1)9-10-12-6-2-4-8-14(12)13;;;;/h1-10H;1-8H,11H2;1-6H,9-10H2;1-6,9-10H;;;;. The van der Waals surface area contributed by atoms with Crippen LogP contribution in [0.15, 0.2) is 193 Å². The Morgan fingerprint density at radius 1 is 0.403 bits per heavy atom. The van der Waals surface area contributed by atoms with Crippen LogP contribution in [0, 0.1) is 36.4 Å². The number of hydrogen-bond acceptors (Lipinski definition) is 0. The topological polar surface area (TPSA) is 0 Å². The largest absolute Gasteiger partial charge is 0.141 e. The van der Waals surface area contributed by atoms with Gasteiger partial charge in [0.05, 0.1) is 45.9 Å². The minimum absolute atomic E-state index is 0. The summed E-state index contributed by atoms with van der Waals surface area (Å²) in [5.41, 5.74) is 10.5. The molecule has 0 aromatic heterocycles. The molecule has 0 fully saturated rings. The van der Waals surface area contributed by atoms with E-state index in [9.17, 15) is 0 Å². The summed E-state index contributed by atoms with van der Waals surface area (Å²) in [6, 6.07) is 55.2. The van der Waals surface area contributed by atoms with Gasteiger partial charge in [0.2, 0.25) is 0 Å². The molecule has 6 aliphatic rings. The van der Waals surface area contributed by atoms with Crippen molar-refractivity contribution in [2.24, 2.45) is 0 Å². The van der Waals surface area contributed by atoms with Gasteiger partial charge in [-0.15, -0.1) is 66.7 Å². The predicted octanol–water partition coefficient (Wildman–Crippen LogP) is 11.4. The molecule has 0 amide bonds. The summed E-state index contributed by atoms with van der Waals surface area (Å²) in [6.07, 6.45) is 41.3. The molecule has 0 radical (unpaired) electrons. The summed E-state index contributed by atoms with van der Waals surface area (Å²) in [6.45, 7) is 0. The predicted molar refractivity (Wildman–Crippen MR) is 263 cm³/mol. The molecule has 0 spiro atoms. The van der Waals surface area contributed by atoms with E-state index >= 15 is 0 Å². The first-order valence-corrected chi connectivity index (χ1v) is 21.5. The van der Waals surface area contributed by atoms with Crippen LogP contribution in [0.25, 0.3) is 78.5 Å². The van der Waals surface area contributed by atoms with Gasteiger partial charge in [-0.1, -0.05) is 105 Å². The fourth-order valence-electron chi connectivity index (χ4n) is 9.33. The van der Waals surface area contributed by atoms with Crippen molar-refractivity contribution in [1.29, 1.82) is 0 Å². The van der Waals surface area contributed by atoms with Crippen LogP contribution in [-0.4, -0.2) is 0 Å². The van der Waals surface area contributed by atoms with Crippen molar-refractivity contribution in [3.63, 3.8) is 0 Å². The first-order valence-electron chi connectivity index (χ1n) is 21.5. The van der Waals surface area contributed by atoms with Gasteiger partial charge in [-0.3, -0.25) is 0 Å². The van der Waals surface area contributed by atoms with Gasteiger partial charge >= 0.3 is 0 Å². The average molecular weight is 1580 g/mol. The SMILES string of the molecule is [C+]1=C2C(=CC=C1)CCc1ccc[c-]c12.[C+]1=C2C(=CC=C1)Cc1cccc3cc[c-]c2c13.[C+]1=c2c(c3ccccc3c3ccc[c-]c23)=CC=C1.[C+]1=c2c(ccc3ccc[c-]c23)=CC=C1.[Pt].[Pt].[Pt].[Pt]. The van der Waals surface area contributed by atoms with Crippen LogP contribution in [-0.2, 0) is 97.1 Å².